The molecule has 13 heteroatoms. The van der Waals surface area contributed by atoms with E-state index in [1.165, 1.54) is 39.2 Å². The molecule has 378 valence electrons. The van der Waals surface area contributed by atoms with Gasteiger partial charge in [0, 0.05) is 44.1 Å². The Morgan fingerprint density at radius 2 is 1.59 bits per heavy atom. The van der Waals surface area contributed by atoms with E-state index >= 15 is 0 Å². The number of methoxy groups -OCH3 is 1. The summed E-state index contributed by atoms with van der Waals surface area (Å²) in [6.45, 7) is 12.9. The molecule has 6 atom stereocenters. The van der Waals surface area contributed by atoms with Crippen molar-refractivity contribution in [3.63, 3.8) is 0 Å². The Balaban J connectivity index is 1.69. The zero-order valence-corrected chi connectivity index (χ0v) is 41.8. The number of rotatable bonds is 32. The van der Waals surface area contributed by atoms with E-state index in [-0.39, 0.29) is 76.3 Å². The van der Waals surface area contributed by atoms with Gasteiger partial charge in [0.25, 0.3) is 0 Å². The van der Waals surface area contributed by atoms with Crippen LogP contribution in [0.15, 0.2) is 65.9 Å². The molecular weight excluding hydrogens is 865 g/mol. The number of aliphatic hydroxyl groups is 3. The van der Waals surface area contributed by atoms with Crippen molar-refractivity contribution < 1.29 is 53.4 Å². The van der Waals surface area contributed by atoms with Gasteiger partial charge in [0.05, 0.1) is 50.7 Å². The zero-order valence-electron chi connectivity index (χ0n) is 41.8. The number of aliphatic hydroxyl groups excluding tert-OH is 3. The number of allylic oxidation sites excluding steroid dienone is 1. The Labute approximate surface area is 406 Å². The number of oxime groups is 1. The Hall–Kier alpha value is -4.27. The second-order valence-electron chi connectivity index (χ2n) is 19.6. The number of hydrogen-bond donors (Lipinski definition) is 3. The van der Waals surface area contributed by atoms with E-state index in [1.54, 1.807) is 24.3 Å². The molecule has 0 saturated heterocycles. The van der Waals surface area contributed by atoms with Crippen LogP contribution >= 0.6 is 0 Å². The summed E-state index contributed by atoms with van der Waals surface area (Å²) in [6, 6.07) is 10.2. The van der Waals surface area contributed by atoms with E-state index in [4.69, 9.17) is 33.7 Å². The molecule has 0 radical (unpaired) electrons. The third-order valence-corrected chi connectivity index (χ3v) is 13.5. The van der Waals surface area contributed by atoms with Crippen LogP contribution in [0.1, 0.15) is 159 Å². The van der Waals surface area contributed by atoms with E-state index in [1.807, 2.05) is 43.9 Å². The monoisotopic (exact) mass is 947 g/mol. The van der Waals surface area contributed by atoms with Crippen LogP contribution in [0.5, 0.6) is 23.0 Å². The van der Waals surface area contributed by atoms with Crippen molar-refractivity contribution in [3.8, 4) is 23.0 Å². The lowest BCUT2D eigenvalue weighted by molar-refractivity contribution is -0.258. The van der Waals surface area contributed by atoms with Gasteiger partial charge in [-0.2, -0.15) is 0 Å². The van der Waals surface area contributed by atoms with Crippen LogP contribution in [-0.4, -0.2) is 109 Å². The smallest absolute Gasteiger partial charge is 0.239 e. The summed E-state index contributed by atoms with van der Waals surface area (Å²) in [7, 11) is 1.52. The number of ether oxygens (including phenoxy) is 5. The van der Waals surface area contributed by atoms with Gasteiger partial charge in [-0.15, -0.1) is 6.58 Å². The van der Waals surface area contributed by atoms with Gasteiger partial charge in [0.2, 0.25) is 11.7 Å². The summed E-state index contributed by atoms with van der Waals surface area (Å²) < 4.78 is 32.4. The molecule has 68 heavy (non-hydrogen) atoms. The molecule has 3 N–H and O–H groups in total. The van der Waals surface area contributed by atoms with Crippen molar-refractivity contribution in [3.05, 3.63) is 71.8 Å². The number of fused-ring (bicyclic) bond motifs is 2. The molecule has 1 heterocycles. The molecule has 5 rings (SSSR count). The molecule has 1 amide bonds. The normalized spacial score (nSPS) is 22.4. The average molecular weight is 947 g/mol. The highest BCUT2D eigenvalue weighted by molar-refractivity contribution is 6.03. The molecule has 1 aliphatic heterocycles. The predicted octanol–water partition coefficient (Wildman–Crippen LogP) is 10.5. The minimum atomic E-state index is -1.42. The maximum Gasteiger partial charge on any atom is 0.239 e. The highest BCUT2D eigenvalue weighted by Crippen LogP contribution is 2.62. The number of aldehydes is 1. The van der Waals surface area contributed by atoms with E-state index in [0.717, 1.165) is 74.5 Å². The van der Waals surface area contributed by atoms with Crippen molar-refractivity contribution in [1.29, 1.82) is 0 Å². The van der Waals surface area contributed by atoms with Crippen LogP contribution in [0, 0.1) is 17.8 Å². The molecule has 2 aliphatic carbocycles. The van der Waals surface area contributed by atoms with Crippen LogP contribution in [0.4, 0.5) is 0 Å². The zero-order chi connectivity index (χ0) is 48.9. The van der Waals surface area contributed by atoms with Crippen molar-refractivity contribution in [1.82, 2.24) is 4.90 Å². The van der Waals surface area contributed by atoms with Crippen LogP contribution < -0.4 is 14.2 Å². The summed E-state index contributed by atoms with van der Waals surface area (Å²) in [5.74, 6) is -0.0746. The molecule has 1 saturated carbocycles. The summed E-state index contributed by atoms with van der Waals surface area (Å²) in [5, 5.41) is 34.7. The van der Waals surface area contributed by atoms with Crippen LogP contribution in [-0.2, 0) is 19.1 Å². The second kappa shape index (κ2) is 27.8. The van der Waals surface area contributed by atoms with Gasteiger partial charge in [0.1, 0.15) is 34.6 Å². The molecule has 2 aromatic rings. The van der Waals surface area contributed by atoms with Gasteiger partial charge in [-0.05, 0) is 107 Å². The molecule has 6 unspecified atom stereocenters. The van der Waals surface area contributed by atoms with Gasteiger partial charge >= 0.3 is 0 Å². The standard InChI is InChI=1S/C55H82N2O11/c1-7-9-10-11-12-13-14-15-16-23-51(62)57(28-33-64-34-31-60)50-38-47(56-68-54(3,4)5)45-36-40(21-17-19-29-58)44(22-18-20-30-59)52-46-37-43(66-42-24-26-48(63-6)41(35-42)39-61)25-27-49(46)67-55(50,53(45)52)65-32-8-2/h8,24-27,35-37,39-40,44,50,52-53,58-60H,2,7,9-23,28-34,38H2,1,3-6H3. The Morgan fingerprint density at radius 1 is 0.897 bits per heavy atom. The first kappa shape index (κ1) is 54.7. The lowest BCUT2D eigenvalue weighted by Gasteiger charge is -2.60. The molecule has 13 nitrogen and oxygen atoms in total. The van der Waals surface area contributed by atoms with Crippen molar-refractivity contribution in [2.45, 2.75) is 160 Å². The Bertz CT molecular complexity index is 1940. The number of nitrogens with zero attached hydrogens (tertiary/aromatic N) is 2. The molecule has 3 aliphatic rings. The number of unbranched alkanes of at least 4 members (excludes halogenated alkanes) is 10. The van der Waals surface area contributed by atoms with Crippen molar-refractivity contribution >= 4 is 17.9 Å². The van der Waals surface area contributed by atoms with Gasteiger partial charge in [-0.25, -0.2) is 0 Å². The maximum absolute atomic E-state index is 15.0. The molecule has 2 aromatic carbocycles. The first-order valence-electron chi connectivity index (χ1n) is 25.5. The van der Waals surface area contributed by atoms with Crippen LogP contribution in [0.25, 0.3) is 0 Å². The molecular formula is C55H82N2O11. The van der Waals surface area contributed by atoms with E-state index < -0.39 is 23.3 Å². The lowest BCUT2D eigenvalue weighted by Crippen LogP contribution is -2.70. The fourth-order valence-electron chi connectivity index (χ4n) is 10.4. The SMILES string of the molecule is C=CCOC12Oc3ccc(Oc4ccc(OC)c(C=O)c4)cc3C3C(CCCCO)C(CCCCO)C=C(C(=NOC(C)(C)C)CC1N(CCOCCO)C(=O)CCCCCCCCCCC)C32. The van der Waals surface area contributed by atoms with Gasteiger partial charge in [-0.3, -0.25) is 9.59 Å². The quantitative estimate of drug-likeness (QED) is 0.0277. The van der Waals surface area contributed by atoms with Crippen molar-refractivity contribution in [2.75, 3.05) is 53.3 Å². The number of carbonyl (C=O) groups is 2. The molecule has 0 bridgehead atoms. The third kappa shape index (κ3) is 14.6. The van der Waals surface area contributed by atoms with Crippen LogP contribution in [0.2, 0.25) is 0 Å². The van der Waals surface area contributed by atoms with E-state index in [2.05, 4.69) is 19.6 Å². The van der Waals surface area contributed by atoms with E-state index in [0.29, 0.717) is 47.8 Å². The minimum absolute atomic E-state index is 0.0174. The number of amides is 1. The molecule has 0 spiro atoms. The summed E-state index contributed by atoms with van der Waals surface area (Å²) >= 11 is 0. The fourth-order valence-corrected chi connectivity index (χ4v) is 10.4. The lowest BCUT2D eigenvalue weighted by atomic mass is 9.55. The van der Waals surface area contributed by atoms with Gasteiger partial charge in [-0.1, -0.05) is 88.4 Å². The molecule has 1 fully saturated rings. The second-order valence-corrected chi connectivity index (χ2v) is 19.6. The van der Waals surface area contributed by atoms with Crippen molar-refractivity contribution in [2.24, 2.45) is 22.9 Å². The maximum atomic E-state index is 15.0. The number of benzene rings is 2. The topological polar surface area (TPSA) is 166 Å². The molecule has 0 aromatic heterocycles. The Kier molecular flexibility index (Phi) is 22.3. The van der Waals surface area contributed by atoms with E-state index in [9.17, 15) is 24.9 Å². The highest BCUT2D eigenvalue weighted by Gasteiger charge is 2.65. The average Bonchev–Trinajstić information content (AvgIpc) is 3.33. The fraction of sp³-hybridized carbons (Fsp3) is 0.655. The summed E-state index contributed by atoms with van der Waals surface area (Å²) in [5.41, 5.74) is 2.32. The Morgan fingerprint density at radius 3 is 2.25 bits per heavy atom. The first-order valence-corrected chi connectivity index (χ1v) is 25.5. The first-order chi connectivity index (χ1) is 33.0. The minimum Gasteiger partial charge on any atom is -0.496 e. The number of hydrogen-bond acceptors (Lipinski definition) is 12. The van der Waals surface area contributed by atoms with Crippen LogP contribution in [0.3, 0.4) is 0 Å². The van der Waals surface area contributed by atoms with Gasteiger partial charge in [0.15, 0.2) is 6.29 Å². The number of carbonyl (C=O) groups excluding carboxylic acids is 2. The van der Waals surface area contributed by atoms with Gasteiger partial charge < -0.3 is 48.7 Å². The largest absolute Gasteiger partial charge is 0.496 e. The predicted molar refractivity (Wildman–Crippen MR) is 266 cm³/mol. The summed E-state index contributed by atoms with van der Waals surface area (Å²) in [6.07, 6.45) is 20.1. The summed E-state index contributed by atoms with van der Waals surface area (Å²) in [4.78, 5) is 35.2. The third-order valence-electron chi connectivity index (χ3n) is 13.5. The highest BCUT2D eigenvalue weighted by atomic mass is 16.7.